The van der Waals surface area contributed by atoms with E-state index in [1.54, 1.807) is 93.6 Å². The Morgan fingerprint density at radius 2 is 1.26 bits per heavy atom. The van der Waals surface area contributed by atoms with Gasteiger partial charge in [0.05, 0.1) is 44.7 Å². The number of carbonyl (C=O) groups is 3. The third-order valence-corrected chi connectivity index (χ3v) is 14.4. The molecule has 0 unspecified atom stereocenters. The number of carbonyl (C=O) groups excluding carboxylic acids is 2. The zero-order valence-corrected chi connectivity index (χ0v) is 43.0. The first kappa shape index (κ1) is 54.8. The molecule has 0 aliphatic carbocycles. The van der Waals surface area contributed by atoms with E-state index in [0.717, 1.165) is 10.4 Å². The van der Waals surface area contributed by atoms with Crippen LogP contribution in [0.25, 0.3) is 22.5 Å². The van der Waals surface area contributed by atoms with Crippen LogP contribution in [0.15, 0.2) is 107 Å². The lowest BCUT2D eigenvalue weighted by atomic mass is 9.95. The number of tetrazole rings is 1. The van der Waals surface area contributed by atoms with Gasteiger partial charge in [0.2, 0.25) is 25.9 Å². The average Bonchev–Trinajstić information content (AvgIpc) is 3.82. The maximum Gasteiger partial charge on any atom is 0.407 e. The highest BCUT2D eigenvalue weighted by Gasteiger charge is 2.38. The van der Waals surface area contributed by atoms with Gasteiger partial charge < -0.3 is 45.7 Å². The Bertz CT molecular complexity index is 3100. The summed E-state index contributed by atoms with van der Waals surface area (Å²) in [6.45, 7) is 3.39. The minimum atomic E-state index is -5.12. The van der Waals surface area contributed by atoms with Crippen LogP contribution in [0.1, 0.15) is 47.8 Å². The molecule has 0 atom stereocenters. The minimum Gasteiger partial charge on any atom is -0.497 e. The molecule has 3 amide bonds. The van der Waals surface area contributed by atoms with Gasteiger partial charge in [0, 0.05) is 49.9 Å². The van der Waals surface area contributed by atoms with E-state index in [1.807, 2.05) is 0 Å². The largest absolute Gasteiger partial charge is 0.497 e. The summed E-state index contributed by atoms with van der Waals surface area (Å²) >= 11 is 6.70. The molecule has 0 saturated heterocycles. The molecule has 6 rings (SSSR count). The van der Waals surface area contributed by atoms with Crippen LogP contribution in [0.3, 0.4) is 0 Å². The average molecular weight is 1060 g/mol. The van der Waals surface area contributed by atoms with E-state index in [-0.39, 0.29) is 72.5 Å². The van der Waals surface area contributed by atoms with Crippen molar-refractivity contribution >= 4 is 55.4 Å². The molecule has 5 aromatic carbocycles. The number of anilines is 1. The van der Waals surface area contributed by atoms with Crippen LogP contribution in [0, 0.1) is 0 Å². The topological polar surface area (TPSA) is 298 Å². The Hall–Kier alpha value is -7.51. The summed E-state index contributed by atoms with van der Waals surface area (Å²) in [5, 5.41) is 29.4. The summed E-state index contributed by atoms with van der Waals surface area (Å²) in [7, 11) is -5.52. The van der Waals surface area contributed by atoms with Crippen molar-refractivity contribution in [1.82, 2.24) is 45.2 Å². The molecule has 0 aliphatic rings. The number of aromatic nitrogens is 4. The number of nitrogens with zero attached hydrogens (tertiary/aromatic N) is 5. The van der Waals surface area contributed by atoms with Crippen molar-refractivity contribution in [2.75, 3.05) is 53.2 Å². The number of hydrogen-bond donors (Lipinski definition) is 6. The van der Waals surface area contributed by atoms with Gasteiger partial charge in [-0.25, -0.2) is 31.1 Å². The van der Waals surface area contributed by atoms with Gasteiger partial charge in [-0.2, -0.15) is 9.10 Å². The standard InChI is InChI=1S/C48H55ClN10O12S2/c1-48(2,3)71-47(63)53-23-24-54-72(64,65)40-20-19-37(38-25-33(49)26-39(42(38)50)45(60)51-21-22-52-46(61)62)41(44-55-57-59(56-44)29-32-11-17-36(70-6)18-12-32)43(40)73(66,67)58(27-30-7-13-34(68-4)14-8-30)28-31-9-15-35(69-5)16-10-31/h7-20,25-26,52,54H,21-24,27-29,50H2,1-6H3,(H,51,60)(H,53,63)(H,61,62). The van der Waals surface area contributed by atoms with Gasteiger partial charge in [-0.15, -0.1) is 10.2 Å². The normalized spacial score (nSPS) is 11.7. The number of carboxylic acid groups (broad SMARTS) is 1. The zero-order valence-electron chi connectivity index (χ0n) is 40.6. The number of nitrogens with one attached hydrogen (secondary N) is 4. The van der Waals surface area contributed by atoms with E-state index in [1.165, 1.54) is 44.3 Å². The fourth-order valence-corrected chi connectivity index (χ4v) is 10.9. The molecule has 1 aromatic heterocycles. The predicted octanol–water partition coefficient (Wildman–Crippen LogP) is 5.51. The van der Waals surface area contributed by atoms with Crippen molar-refractivity contribution in [2.24, 2.45) is 0 Å². The molecule has 0 fully saturated rings. The Balaban J connectivity index is 1.62. The second-order valence-electron chi connectivity index (χ2n) is 17.0. The summed E-state index contributed by atoms with van der Waals surface area (Å²) in [5.74, 6) is 0.443. The molecule has 22 nitrogen and oxygen atoms in total. The molecule has 1 heterocycles. The quantitative estimate of drug-likeness (QED) is 0.0361. The number of ether oxygens (including phenoxy) is 4. The van der Waals surface area contributed by atoms with Crippen LogP contribution in [0.4, 0.5) is 15.3 Å². The first-order valence-corrected chi connectivity index (χ1v) is 25.6. The maximum absolute atomic E-state index is 16.1. The summed E-state index contributed by atoms with van der Waals surface area (Å²) in [5.41, 5.74) is 6.71. The van der Waals surface area contributed by atoms with E-state index in [2.05, 4.69) is 36.1 Å². The molecule has 73 heavy (non-hydrogen) atoms. The van der Waals surface area contributed by atoms with Gasteiger partial charge in [-0.1, -0.05) is 54.1 Å². The zero-order chi connectivity index (χ0) is 53.1. The lowest BCUT2D eigenvalue weighted by Gasteiger charge is -2.26. The van der Waals surface area contributed by atoms with E-state index < -0.39 is 65.6 Å². The Morgan fingerprint density at radius 1 is 0.726 bits per heavy atom. The monoisotopic (exact) mass is 1060 g/mol. The third kappa shape index (κ3) is 14.3. The molecule has 0 radical (unpaired) electrons. The minimum absolute atomic E-state index is 0.0139. The number of methoxy groups -OCH3 is 3. The fourth-order valence-electron chi connectivity index (χ4n) is 7.22. The van der Waals surface area contributed by atoms with Crippen LogP contribution in [0.5, 0.6) is 17.2 Å². The highest BCUT2D eigenvalue weighted by atomic mass is 35.5. The van der Waals surface area contributed by atoms with Gasteiger partial charge in [-0.05, 0) is 103 Å². The van der Waals surface area contributed by atoms with E-state index in [4.69, 9.17) is 41.4 Å². The summed E-state index contributed by atoms with van der Waals surface area (Å²) in [6.07, 6.45) is -2.13. The van der Waals surface area contributed by atoms with Crippen LogP contribution >= 0.6 is 11.6 Å². The van der Waals surface area contributed by atoms with Crippen molar-refractivity contribution in [3.8, 4) is 39.8 Å². The molecule has 388 valence electrons. The molecule has 0 spiro atoms. The number of nitrogens with two attached hydrogens (primary N) is 1. The molecule has 6 aromatic rings. The number of nitrogen functional groups attached to an aromatic ring is 1. The lowest BCUT2D eigenvalue weighted by molar-refractivity contribution is 0.0528. The molecular weight excluding hydrogens is 1010 g/mol. The Kier molecular flexibility index (Phi) is 17.9. The van der Waals surface area contributed by atoms with Crippen molar-refractivity contribution in [2.45, 2.75) is 55.8 Å². The number of sulfonamides is 2. The summed E-state index contributed by atoms with van der Waals surface area (Å²) in [6, 6.07) is 25.2. The second-order valence-corrected chi connectivity index (χ2v) is 21.1. The van der Waals surface area contributed by atoms with Gasteiger partial charge in [-0.3, -0.25) is 4.79 Å². The Labute approximate surface area is 427 Å². The first-order chi connectivity index (χ1) is 34.6. The molecule has 0 bridgehead atoms. The maximum atomic E-state index is 16.1. The first-order valence-electron chi connectivity index (χ1n) is 22.3. The highest BCUT2D eigenvalue weighted by molar-refractivity contribution is 7.92. The van der Waals surface area contributed by atoms with Crippen LogP contribution in [0.2, 0.25) is 5.02 Å². The van der Waals surface area contributed by atoms with Gasteiger partial charge in [0.1, 0.15) is 32.6 Å². The smallest absolute Gasteiger partial charge is 0.407 e. The lowest BCUT2D eigenvalue weighted by Crippen LogP contribution is -2.38. The van der Waals surface area contributed by atoms with Crippen molar-refractivity contribution in [3.63, 3.8) is 0 Å². The van der Waals surface area contributed by atoms with E-state index in [0.29, 0.717) is 33.9 Å². The van der Waals surface area contributed by atoms with Crippen LogP contribution < -0.4 is 40.6 Å². The number of rotatable bonds is 22. The molecule has 0 saturated carbocycles. The van der Waals surface area contributed by atoms with Gasteiger partial charge in [0.15, 0.2) is 0 Å². The number of halogens is 1. The highest BCUT2D eigenvalue weighted by Crippen LogP contribution is 2.44. The fraction of sp³-hybridized carbons (Fsp3) is 0.292. The third-order valence-electron chi connectivity index (χ3n) is 10.7. The van der Waals surface area contributed by atoms with Crippen molar-refractivity contribution < 1.29 is 55.3 Å². The SMILES string of the molecule is COc1ccc(CN(Cc2ccc(OC)cc2)S(=O)(=O)c2c(S(=O)(=O)NCCNC(=O)OC(C)(C)C)ccc(-c3cc(Cl)cc(C(=O)NCCNC(=O)O)c3N)c2-c2nnn(Cc3ccc(OC)cc3)n2)cc1. The second kappa shape index (κ2) is 23.8. The molecular formula is C48H55ClN10O12S2. The van der Waals surface area contributed by atoms with Crippen molar-refractivity contribution in [3.05, 3.63) is 124 Å². The Morgan fingerprint density at radius 3 is 1.79 bits per heavy atom. The number of amides is 3. The van der Waals surface area contributed by atoms with Crippen molar-refractivity contribution in [1.29, 1.82) is 0 Å². The number of hydrogen-bond acceptors (Lipinski definition) is 15. The van der Waals surface area contributed by atoms with Gasteiger partial charge >= 0.3 is 12.2 Å². The van der Waals surface area contributed by atoms with Gasteiger partial charge in [0.25, 0.3) is 5.91 Å². The summed E-state index contributed by atoms with van der Waals surface area (Å²) < 4.78 is 86.7. The van der Waals surface area contributed by atoms with Crippen LogP contribution in [-0.2, 0) is 44.4 Å². The summed E-state index contributed by atoms with van der Waals surface area (Å²) in [4.78, 5) is 36.9. The van der Waals surface area contributed by atoms with Crippen LogP contribution in [-0.4, -0.2) is 118 Å². The predicted molar refractivity (Wildman–Crippen MR) is 270 cm³/mol. The van der Waals surface area contributed by atoms with E-state index in [9.17, 15) is 22.8 Å². The number of benzene rings is 5. The molecule has 0 aliphatic heterocycles. The molecule has 7 N–H and O–H groups in total. The van der Waals surface area contributed by atoms with E-state index >= 15 is 8.42 Å². The molecule has 25 heteroatoms. The number of alkyl carbamates (subject to hydrolysis) is 1.